The Bertz CT molecular complexity index is 1440. The maximum atomic E-state index is 13.6. The topological polar surface area (TPSA) is 112 Å². The zero-order chi connectivity index (χ0) is 28.3. The highest BCUT2D eigenvalue weighted by Gasteiger charge is 2.30. The Morgan fingerprint density at radius 1 is 1.10 bits per heavy atom. The fraction of sp³-hybridized carbons (Fsp3) is 0.414. The number of aromatic nitrogens is 2. The monoisotopic (exact) mass is 570 g/mol. The van der Waals surface area contributed by atoms with Gasteiger partial charge >= 0.3 is 0 Å². The number of carbonyl (C=O) groups is 1. The lowest BCUT2D eigenvalue weighted by Crippen LogP contribution is -2.43. The van der Waals surface area contributed by atoms with Gasteiger partial charge in [0.05, 0.1) is 16.7 Å². The SMILES string of the molecule is Cc1cccc(C)c1-c1cc(Cl)nc(NS(=O)(=O)c2cccc(C(=O)N3C[C@H](O)CCCC3CC(C)C)c2)n1. The lowest BCUT2D eigenvalue weighted by Gasteiger charge is -2.32. The Labute approximate surface area is 235 Å². The van der Waals surface area contributed by atoms with E-state index in [0.717, 1.165) is 36.0 Å². The molecule has 0 aliphatic carbocycles. The Balaban J connectivity index is 1.63. The molecule has 2 N–H and O–H groups in total. The van der Waals surface area contributed by atoms with Crippen LogP contribution in [0.5, 0.6) is 0 Å². The number of hydrogen-bond donors (Lipinski definition) is 2. The normalized spacial score (nSPS) is 18.2. The van der Waals surface area contributed by atoms with Gasteiger partial charge < -0.3 is 10.0 Å². The molecule has 0 spiro atoms. The van der Waals surface area contributed by atoms with Gasteiger partial charge in [0, 0.05) is 29.8 Å². The smallest absolute Gasteiger partial charge is 0.264 e. The number of hydrogen-bond acceptors (Lipinski definition) is 6. The number of anilines is 1. The van der Waals surface area contributed by atoms with Crippen LogP contribution in [0.3, 0.4) is 0 Å². The van der Waals surface area contributed by atoms with Gasteiger partial charge in [-0.15, -0.1) is 0 Å². The number of nitrogens with one attached hydrogen (secondary N) is 1. The zero-order valence-corrected chi connectivity index (χ0v) is 24.3. The number of aliphatic hydroxyl groups is 1. The van der Waals surface area contributed by atoms with Crippen LogP contribution in [0, 0.1) is 19.8 Å². The van der Waals surface area contributed by atoms with Gasteiger partial charge in [0.25, 0.3) is 15.9 Å². The van der Waals surface area contributed by atoms with E-state index in [1.165, 1.54) is 18.2 Å². The molecule has 39 heavy (non-hydrogen) atoms. The number of sulfonamides is 1. The van der Waals surface area contributed by atoms with Crippen molar-refractivity contribution < 1.29 is 18.3 Å². The Hall–Kier alpha value is -3.01. The molecule has 1 saturated heterocycles. The van der Waals surface area contributed by atoms with E-state index >= 15 is 0 Å². The molecular formula is C29H35ClN4O4S. The molecule has 1 fully saturated rings. The molecule has 208 valence electrons. The molecule has 4 rings (SSSR count). The summed E-state index contributed by atoms with van der Waals surface area (Å²) in [6.45, 7) is 8.32. The van der Waals surface area contributed by atoms with Crippen molar-refractivity contribution in [2.45, 2.75) is 70.4 Å². The summed E-state index contributed by atoms with van der Waals surface area (Å²) in [7, 11) is -4.14. The predicted molar refractivity (Wildman–Crippen MR) is 153 cm³/mol. The molecule has 2 heterocycles. The van der Waals surface area contributed by atoms with Gasteiger partial charge in [-0.25, -0.2) is 23.1 Å². The van der Waals surface area contributed by atoms with Crippen molar-refractivity contribution in [3.63, 3.8) is 0 Å². The molecule has 1 aromatic heterocycles. The van der Waals surface area contributed by atoms with Crippen molar-refractivity contribution in [3.8, 4) is 11.3 Å². The zero-order valence-electron chi connectivity index (χ0n) is 22.7. The molecular weight excluding hydrogens is 536 g/mol. The minimum Gasteiger partial charge on any atom is -0.391 e. The second-order valence-corrected chi connectivity index (χ2v) is 12.7. The molecule has 0 radical (unpaired) electrons. The standard InChI is InChI=1S/C29H35ClN4O4S/c1-18(2)14-22-11-7-12-23(35)17-34(22)28(36)21-10-6-13-24(15-21)39(37,38)33-29-31-25(16-26(30)32-29)27-19(3)8-5-9-20(27)4/h5-6,8-10,13,15-16,18,22-23,35H,7,11-12,14,17H2,1-4H3,(H,31,32,33)/t22?,23-/m1/s1. The van der Waals surface area contributed by atoms with E-state index in [4.69, 9.17) is 11.6 Å². The minimum atomic E-state index is -4.14. The minimum absolute atomic E-state index is 0.0174. The summed E-state index contributed by atoms with van der Waals surface area (Å²) >= 11 is 6.25. The maximum absolute atomic E-state index is 13.6. The van der Waals surface area contributed by atoms with Crippen molar-refractivity contribution >= 4 is 33.5 Å². The summed E-state index contributed by atoms with van der Waals surface area (Å²) in [5, 5.41) is 10.5. The van der Waals surface area contributed by atoms with E-state index in [1.54, 1.807) is 17.0 Å². The molecule has 1 aliphatic rings. The lowest BCUT2D eigenvalue weighted by atomic mass is 9.98. The van der Waals surface area contributed by atoms with Crippen LogP contribution in [0.1, 0.15) is 61.0 Å². The quantitative estimate of drug-likeness (QED) is 0.357. The highest BCUT2D eigenvalue weighted by Crippen LogP contribution is 2.29. The maximum Gasteiger partial charge on any atom is 0.264 e. The van der Waals surface area contributed by atoms with Gasteiger partial charge in [-0.3, -0.25) is 4.79 Å². The fourth-order valence-corrected chi connectivity index (χ4v) is 6.37. The van der Waals surface area contributed by atoms with Crippen molar-refractivity contribution in [1.82, 2.24) is 14.9 Å². The van der Waals surface area contributed by atoms with Crippen molar-refractivity contribution in [3.05, 3.63) is 70.4 Å². The molecule has 2 atom stereocenters. The van der Waals surface area contributed by atoms with E-state index in [9.17, 15) is 18.3 Å². The van der Waals surface area contributed by atoms with Crippen LogP contribution >= 0.6 is 11.6 Å². The Morgan fingerprint density at radius 3 is 2.49 bits per heavy atom. The van der Waals surface area contributed by atoms with Crippen LogP contribution in [0.25, 0.3) is 11.3 Å². The number of aliphatic hydroxyl groups excluding tert-OH is 1. The molecule has 8 nitrogen and oxygen atoms in total. The second-order valence-electron chi connectivity index (χ2n) is 10.6. The largest absolute Gasteiger partial charge is 0.391 e. The summed E-state index contributed by atoms with van der Waals surface area (Å²) in [4.78, 5) is 23.7. The van der Waals surface area contributed by atoms with Crippen LogP contribution in [0.2, 0.25) is 5.15 Å². The number of rotatable bonds is 7. The molecule has 1 unspecified atom stereocenters. The molecule has 10 heteroatoms. The second kappa shape index (κ2) is 12.0. The molecule has 3 aromatic rings. The number of nitrogens with zero attached hydrogens (tertiary/aromatic N) is 3. The first-order valence-corrected chi connectivity index (χ1v) is 15.0. The molecule has 1 amide bonds. The van der Waals surface area contributed by atoms with E-state index in [-0.39, 0.29) is 40.1 Å². The van der Waals surface area contributed by atoms with E-state index < -0.39 is 16.1 Å². The Kier molecular flexibility index (Phi) is 8.93. The third-order valence-electron chi connectivity index (χ3n) is 6.98. The van der Waals surface area contributed by atoms with Crippen LogP contribution in [-0.4, -0.2) is 53.0 Å². The van der Waals surface area contributed by atoms with Crippen molar-refractivity contribution in [2.75, 3.05) is 11.3 Å². The summed E-state index contributed by atoms with van der Waals surface area (Å²) in [6.07, 6.45) is 2.48. The van der Waals surface area contributed by atoms with Gasteiger partial charge in [0.15, 0.2) is 0 Å². The van der Waals surface area contributed by atoms with E-state index in [0.29, 0.717) is 18.0 Å². The fourth-order valence-electron chi connectivity index (χ4n) is 5.20. The van der Waals surface area contributed by atoms with E-state index in [1.807, 2.05) is 32.0 Å². The van der Waals surface area contributed by atoms with Crippen LogP contribution in [-0.2, 0) is 10.0 Å². The third kappa shape index (κ3) is 6.96. The summed E-state index contributed by atoms with van der Waals surface area (Å²) in [5.41, 5.74) is 3.54. The number of β-amino-alcohol motifs (C(OH)–C–C–N with tert-alkyl or cyclic N) is 1. The van der Waals surface area contributed by atoms with Gasteiger partial charge in [0.1, 0.15) is 5.15 Å². The van der Waals surface area contributed by atoms with Gasteiger partial charge in [-0.05, 0) is 74.8 Å². The first kappa shape index (κ1) is 29.0. The van der Waals surface area contributed by atoms with Crippen molar-refractivity contribution in [1.29, 1.82) is 0 Å². The van der Waals surface area contributed by atoms with Gasteiger partial charge in [-0.1, -0.05) is 49.7 Å². The Morgan fingerprint density at radius 2 is 1.79 bits per heavy atom. The number of amides is 1. The number of halogens is 1. The highest BCUT2D eigenvalue weighted by molar-refractivity contribution is 7.92. The number of likely N-dealkylation sites (tertiary alicyclic amines) is 1. The van der Waals surface area contributed by atoms with Crippen molar-refractivity contribution in [2.24, 2.45) is 5.92 Å². The summed E-state index contributed by atoms with van der Waals surface area (Å²) in [5.74, 6) is -0.0815. The number of benzene rings is 2. The summed E-state index contributed by atoms with van der Waals surface area (Å²) in [6, 6.07) is 13.3. The summed E-state index contributed by atoms with van der Waals surface area (Å²) < 4.78 is 29.1. The molecule has 0 bridgehead atoms. The van der Waals surface area contributed by atoms with Crippen LogP contribution in [0.15, 0.2) is 53.4 Å². The van der Waals surface area contributed by atoms with Crippen LogP contribution in [0.4, 0.5) is 5.95 Å². The first-order valence-electron chi connectivity index (χ1n) is 13.2. The number of carbonyl (C=O) groups excluding carboxylic acids is 1. The molecule has 0 saturated carbocycles. The number of aryl methyl sites for hydroxylation is 2. The average Bonchev–Trinajstić information content (AvgIpc) is 3.03. The average molecular weight is 571 g/mol. The van der Waals surface area contributed by atoms with Gasteiger partial charge in [-0.2, -0.15) is 0 Å². The molecule has 2 aromatic carbocycles. The third-order valence-corrected chi connectivity index (χ3v) is 8.50. The highest BCUT2D eigenvalue weighted by atomic mass is 35.5. The van der Waals surface area contributed by atoms with Gasteiger partial charge in [0.2, 0.25) is 5.95 Å². The predicted octanol–water partition coefficient (Wildman–Crippen LogP) is 5.62. The van der Waals surface area contributed by atoms with Crippen LogP contribution < -0.4 is 4.72 Å². The molecule has 1 aliphatic heterocycles. The first-order chi connectivity index (χ1) is 18.4. The lowest BCUT2D eigenvalue weighted by molar-refractivity contribution is 0.0535. The van der Waals surface area contributed by atoms with E-state index in [2.05, 4.69) is 28.5 Å².